The maximum Gasteiger partial charge on any atom is 0.159 e. The Balaban J connectivity index is 2.07. The van der Waals surface area contributed by atoms with E-state index in [1.807, 2.05) is 6.07 Å². The molecule has 2 aromatic rings. The van der Waals surface area contributed by atoms with Gasteiger partial charge in [-0.3, -0.25) is 0 Å². The Labute approximate surface area is 118 Å². The van der Waals surface area contributed by atoms with Gasteiger partial charge in [0.05, 0.1) is 0 Å². The molecule has 2 aromatic carbocycles. The molecule has 0 radical (unpaired) electrons. The van der Waals surface area contributed by atoms with Gasteiger partial charge in [0.1, 0.15) is 0 Å². The third kappa shape index (κ3) is 3.87. The first kappa shape index (κ1) is 14.7. The molecular formula is C17H19F2N. The summed E-state index contributed by atoms with van der Waals surface area (Å²) in [5, 5.41) is 0. The predicted octanol–water partition coefficient (Wildman–Crippen LogP) is 3.63. The lowest BCUT2D eigenvalue weighted by atomic mass is 9.92. The Kier molecular flexibility index (Phi) is 4.85. The topological polar surface area (TPSA) is 26.0 Å². The highest BCUT2D eigenvalue weighted by Crippen LogP contribution is 2.17. The lowest BCUT2D eigenvalue weighted by molar-refractivity contribution is 0.499. The van der Waals surface area contributed by atoms with Crippen LogP contribution in [0.4, 0.5) is 8.78 Å². The quantitative estimate of drug-likeness (QED) is 0.886. The summed E-state index contributed by atoms with van der Waals surface area (Å²) in [5.41, 5.74) is 9.03. The molecule has 0 aromatic heterocycles. The number of hydrogen-bond acceptors (Lipinski definition) is 1. The first-order valence-electron chi connectivity index (χ1n) is 6.78. The Morgan fingerprint density at radius 1 is 0.950 bits per heavy atom. The molecule has 0 bridgehead atoms. The standard InChI is InChI=1S/C17H19F2N/c1-12-3-2-4-13(7-12)8-15(11-20)9-14-5-6-16(18)17(19)10-14/h2-7,10,15H,8-9,11,20H2,1H3. The number of rotatable bonds is 5. The normalized spacial score (nSPS) is 12.4. The number of hydrogen-bond donors (Lipinski definition) is 1. The van der Waals surface area contributed by atoms with E-state index in [0.29, 0.717) is 13.0 Å². The Bertz CT molecular complexity index is 581. The SMILES string of the molecule is Cc1cccc(CC(CN)Cc2ccc(F)c(F)c2)c1. The highest BCUT2D eigenvalue weighted by molar-refractivity contribution is 5.24. The Morgan fingerprint density at radius 3 is 2.25 bits per heavy atom. The van der Waals surface area contributed by atoms with Crippen LogP contribution in [0.25, 0.3) is 0 Å². The van der Waals surface area contributed by atoms with Crippen molar-refractivity contribution in [3.63, 3.8) is 0 Å². The Hall–Kier alpha value is -1.74. The van der Waals surface area contributed by atoms with Gasteiger partial charge in [0.25, 0.3) is 0 Å². The van der Waals surface area contributed by atoms with E-state index in [2.05, 4.69) is 25.1 Å². The van der Waals surface area contributed by atoms with Gasteiger partial charge in [0.15, 0.2) is 11.6 Å². The summed E-state index contributed by atoms with van der Waals surface area (Å²) in [7, 11) is 0. The molecule has 3 heteroatoms. The highest BCUT2D eigenvalue weighted by atomic mass is 19.2. The van der Waals surface area contributed by atoms with Crippen LogP contribution in [0, 0.1) is 24.5 Å². The Morgan fingerprint density at radius 2 is 1.65 bits per heavy atom. The molecule has 0 aliphatic heterocycles. The van der Waals surface area contributed by atoms with Crippen molar-refractivity contribution in [3.8, 4) is 0 Å². The van der Waals surface area contributed by atoms with Gasteiger partial charge in [-0.25, -0.2) is 8.78 Å². The third-order valence-electron chi connectivity index (χ3n) is 3.45. The van der Waals surface area contributed by atoms with Crippen molar-refractivity contribution >= 4 is 0 Å². The highest BCUT2D eigenvalue weighted by Gasteiger charge is 2.11. The summed E-state index contributed by atoms with van der Waals surface area (Å²) in [6, 6.07) is 12.3. The van der Waals surface area contributed by atoms with E-state index < -0.39 is 11.6 Å². The van der Waals surface area contributed by atoms with Crippen molar-refractivity contribution in [2.45, 2.75) is 19.8 Å². The van der Waals surface area contributed by atoms with E-state index in [9.17, 15) is 8.78 Å². The number of benzene rings is 2. The maximum atomic E-state index is 13.2. The van der Waals surface area contributed by atoms with Crippen molar-refractivity contribution in [2.24, 2.45) is 11.7 Å². The zero-order valence-corrected chi connectivity index (χ0v) is 11.6. The second-order valence-corrected chi connectivity index (χ2v) is 5.25. The van der Waals surface area contributed by atoms with Crippen molar-refractivity contribution < 1.29 is 8.78 Å². The second kappa shape index (κ2) is 6.62. The fourth-order valence-corrected chi connectivity index (χ4v) is 2.41. The molecule has 106 valence electrons. The molecule has 0 saturated heterocycles. The molecule has 2 N–H and O–H groups in total. The van der Waals surface area contributed by atoms with Gasteiger partial charge in [-0.1, -0.05) is 35.9 Å². The predicted molar refractivity (Wildman–Crippen MR) is 77.5 cm³/mol. The largest absolute Gasteiger partial charge is 0.330 e. The van der Waals surface area contributed by atoms with Crippen molar-refractivity contribution in [3.05, 3.63) is 70.8 Å². The zero-order chi connectivity index (χ0) is 14.5. The van der Waals surface area contributed by atoms with Crippen LogP contribution in [0.2, 0.25) is 0 Å². The summed E-state index contributed by atoms with van der Waals surface area (Å²) in [6.07, 6.45) is 1.50. The number of halogens is 2. The van der Waals surface area contributed by atoms with E-state index in [1.165, 1.54) is 23.3 Å². The smallest absolute Gasteiger partial charge is 0.159 e. The van der Waals surface area contributed by atoms with Gasteiger partial charge in [0, 0.05) is 0 Å². The van der Waals surface area contributed by atoms with Gasteiger partial charge in [-0.2, -0.15) is 0 Å². The summed E-state index contributed by atoms with van der Waals surface area (Å²) < 4.78 is 26.1. The molecule has 2 rings (SSSR count). The molecule has 1 nitrogen and oxygen atoms in total. The maximum absolute atomic E-state index is 13.2. The van der Waals surface area contributed by atoms with Crippen LogP contribution in [0.15, 0.2) is 42.5 Å². The van der Waals surface area contributed by atoms with Crippen LogP contribution < -0.4 is 5.73 Å². The third-order valence-corrected chi connectivity index (χ3v) is 3.45. The van der Waals surface area contributed by atoms with Gasteiger partial charge in [-0.15, -0.1) is 0 Å². The van der Waals surface area contributed by atoms with Gasteiger partial charge >= 0.3 is 0 Å². The fourth-order valence-electron chi connectivity index (χ4n) is 2.41. The number of aryl methyl sites for hydroxylation is 1. The minimum Gasteiger partial charge on any atom is -0.330 e. The summed E-state index contributed by atoms with van der Waals surface area (Å²) in [4.78, 5) is 0. The molecule has 0 heterocycles. The second-order valence-electron chi connectivity index (χ2n) is 5.25. The molecule has 20 heavy (non-hydrogen) atoms. The van der Waals surface area contributed by atoms with E-state index in [0.717, 1.165) is 12.0 Å². The van der Waals surface area contributed by atoms with Crippen LogP contribution in [0.3, 0.4) is 0 Å². The lowest BCUT2D eigenvalue weighted by Crippen LogP contribution is -2.19. The minimum atomic E-state index is -0.809. The number of nitrogens with two attached hydrogens (primary N) is 1. The van der Waals surface area contributed by atoms with Crippen LogP contribution in [-0.4, -0.2) is 6.54 Å². The van der Waals surface area contributed by atoms with E-state index in [1.54, 1.807) is 6.07 Å². The van der Waals surface area contributed by atoms with E-state index in [-0.39, 0.29) is 5.92 Å². The van der Waals surface area contributed by atoms with Gasteiger partial charge < -0.3 is 5.73 Å². The summed E-state index contributed by atoms with van der Waals surface area (Å²) in [5.74, 6) is -1.38. The van der Waals surface area contributed by atoms with Gasteiger partial charge in [0.2, 0.25) is 0 Å². The minimum absolute atomic E-state index is 0.224. The van der Waals surface area contributed by atoms with Crippen LogP contribution in [0.5, 0.6) is 0 Å². The summed E-state index contributed by atoms with van der Waals surface area (Å²) >= 11 is 0. The molecule has 0 spiro atoms. The molecule has 0 aliphatic rings. The van der Waals surface area contributed by atoms with Gasteiger partial charge in [-0.05, 0) is 55.5 Å². The molecule has 0 amide bonds. The average molecular weight is 275 g/mol. The van der Waals surface area contributed by atoms with Crippen molar-refractivity contribution in [1.29, 1.82) is 0 Å². The van der Waals surface area contributed by atoms with Crippen LogP contribution >= 0.6 is 0 Å². The molecule has 0 fully saturated rings. The van der Waals surface area contributed by atoms with E-state index in [4.69, 9.17) is 5.73 Å². The molecule has 0 aliphatic carbocycles. The first-order valence-corrected chi connectivity index (χ1v) is 6.78. The molecule has 1 unspecified atom stereocenters. The molecular weight excluding hydrogens is 256 g/mol. The lowest BCUT2D eigenvalue weighted by Gasteiger charge is -2.15. The van der Waals surface area contributed by atoms with E-state index >= 15 is 0 Å². The zero-order valence-electron chi connectivity index (χ0n) is 11.6. The molecule has 1 atom stereocenters. The average Bonchev–Trinajstić information content (AvgIpc) is 2.42. The van der Waals surface area contributed by atoms with Crippen LogP contribution in [-0.2, 0) is 12.8 Å². The fraction of sp³-hybridized carbons (Fsp3) is 0.294. The van der Waals surface area contributed by atoms with Crippen molar-refractivity contribution in [1.82, 2.24) is 0 Å². The molecule has 0 saturated carbocycles. The first-order chi connectivity index (χ1) is 9.58. The summed E-state index contributed by atoms with van der Waals surface area (Å²) in [6.45, 7) is 2.57. The van der Waals surface area contributed by atoms with Crippen molar-refractivity contribution in [2.75, 3.05) is 6.54 Å². The van der Waals surface area contributed by atoms with Crippen LogP contribution in [0.1, 0.15) is 16.7 Å². The monoisotopic (exact) mass is 275 g/mol.